The third-order valence-electron chi connectivity index (χ3n) is 3.66. The number of aliphatic hydroxyl groups excluding tert-OH is 1. The summed E-state index contributed by atoms with van der Waals surface area (Å²) >= 11 is 0. The lowest BCUT2D eigenvalue weighted by atomic mass is 10.0. The van der Waals surface area contributed by atoms with Crippen LogP contribution < -0.4 is 10.9 Å². The molecule has 0 spiro atoms. The highest BCUT2D eigenvalue weighted by Crippen LogP contribution is 2.15. The van der Waals surface area contributed by atoms with Gasteiger partial charge in [0.25, 0.3) is 11.8 Å². The van der Waals surface area contributed by atoms with E-state index in [1.54, 1.807) is 24.3 Å². The Morgan fingerprint density at radius 1 is 1.19 bits per heavy atom. The van der Waals surface area contributed by atoms with Gasteiger partial charge in [-0.05, 0) is 31.5 Å². The first-order valence-corrected chi connectivity index (χ1v) is 7.20. The van der Waals surface area contributed by atoms with Gasteiger partial charge in [-0.1, -0.05) is 24.6 Å². The van der Waals surface area contributed by atoms with Crippen molar-refractivity contribution in [3.05, 3.63) is 35.9 Å². The van der Waals surface area contributed by atoms with E-state index in [1.165, 1.54) is 0 Å². The molecule has 6 heteroatoms. The second-order valence-corrected chi connectivity index (χ2v) is 5.17. The number of aliphatic hydroxyl groups is 1. The number of amides is 2. The maximum absolute atomic E-state index is 11.9. The van der Waals surface area contributed by atoms with E-state index in [2.05, 4.69) is 10.9 Å². The van der Waals surface area contributed by atoms with Crippen molar-refractivity contribution in [1.29, 1.82) is 0 Å². The number of hydrogen-bond acceptors (Lipinski definition) is 4. The van der Waals surface area contributed by atoms with Crippen molar-refractivity contribution in [3.8, 4) is 0 Å². The van der Waals surface area contributed by atoms with Crippen molar-refractivity contribution >= 4 is 11.8 Å². The molecule has 1 saturated heterocycles. The molecular weight excluding hydrogens is 270 g/mol. The molecule has 1 fully saturated rings. The van der Waals surface area contributed by atoms with Crippen molar-refractivity contribution in [2.75, 3.05) is 19.7 Å². The predicted octanol–water partition coefficient (Wildman–Crippen LogP) is 0.294. The molecule has 2 rings (SSSR count). The van der Waals surface area contributed by atoms with Gasteiger partial charge in [0, 0.05) is 11.6 Å². The molecule has 2 amide bonds. The molecular formula is C15H21N3O3. The van der Waals surface area contributed by atoms with Crippen molar-refractivity contribution in [1.82, 2.24) is 15.8 Å². The van der Waals surface area contributed by atoms with Crippen molar-refractivity contribution in [2.45, 2.75) is 25.3 Å². The highest BCUT2D eigenvalue weighted by atomic mass is 16.3. The Morgan fingerprint density at radius 2 is 1.95 bits per heavy atom. The number of nitrogens with zero attached hydrogens (tertiary/aromatic N) is 1. The van der Waals surface area contributed by atoms with Crippen molar-refractivity contribution < 1.29 is 14.7 Å². The quantitative estimate of drug-likeness (QED) is 0.697. The van der Waals surface area contributed by atoms with Gasteiger partial charge in [-0.15, -0.1) is 0 Å². The first kappa shape index (κ1) is 15.5. The highest BCUT2D eigenvalue weighted by molar-refractivity contribution is 5.95. The van der Waals surface area contributed by atoms with Gasteiger partial charge in [0.15, 0.2) is 0 Å². The van der Waals surface area contributed by atoms with Gasteiger partial charge in [-0.2, -0.15) is 0 Å². The Morgan fingerprint density at radius 3 is 2.67 bits per heavy atom. The van der Waals surface area contributed by atoms with Crippen LogP contribution in [0.5, 0.6) is 0 Å². The summed E-state index contributed by atoms with van der Waals surface area (Å²) in [5.74, 6) is -0.624. The second kappa shape index (κ2) is 7.75. The summed E-state index contributed by atoms with van der Waals surface area (Å²) in [6.45, 7) is 1.04. The molecule has 0 radical (unpaired) electrons. The third kappa shape index (κ3) is 4.54. The number of likely N-dealkylation sites (tertiary alicyclic amines) is 1. The fourth-order valence-electron chi connectivity index (χ4n) is 2.49. The molecule has 0 bridgehead atoms. The van der Waals surface area contributed by atoms with E-state index in [4.69, 9.17) is 0 Å². The molecule has 114 valence electrons. The van der Waals surface area contributed by atoms with Crippen LogP contribution in [0.3, 0.4) is 0 Å². The topological polar surface area (TPSA) is 81.7 Å². The smallest absolute Gasteiger partial charge is 0.269 e. The van der Waals surface area contributed by atoms with Crippen LogP contribution in [0, 0.1) is 0 Å². The van der Waals surface area contributed by atoms with Gasteiger partial charge in [0.2, 0.25) is 0 Å². The molecule has 1 unspecified atom stereocenters. The maximum atomic E-state index is 11.9. The SMILES string of the molecule is O=C(CN1CCCCC1CO)NNC(=O)c1ccccc1. The minimum Gasteiger partial charge on any atom is -0.395 e. The lowest BCUT2D eigenvalue weighted by molar-refractivity contribution is -0.124. The van der Waals surface area contributed by atoms with E-state index in [0.29, 0.717) is 5.56 Å². The van der Waals surface area contributed by atoms with Gasteiger partial charge in [-0.3, -0.25) is 25.3 Å². The van der Waals surface area contributed by atoms with E-state index >= 15 is 0 Å². The first-order chi connectivity index (χ1) is 10.2. The van der Waals surface area contributed by atoms with Crippen LogP contribution in [0.4, 0.5) is 0 Å². The number of rotatable bonds is 4. The number of hydrazine groups is 1. The molecule has 6 nitrogen and oxygen atoms in total. The Bertz CT molecular complexity index is 478. The number of nitrogens with one attached hydrogen (secondary N) is 2. The minimum atomic E-state index is -0.346. The molecule has 1 aromatic carbocycles. The molecule has 1 aromatic rings. The summed E-state index contributed by atoms with van der Waals surface area (Å²) in [6, 6.07) is 8.73. The molecule has 0 aliphatic carbocycles. The van der Waals surface area contributed by atoms with Crippen LogP contribution in [0.25, 0.3) is 0 Å². The summed E-state index contributed by atoms with van der Waals surface area (Å²) in [5, 5.41) is 9.30. The summed E-state index contributed by atoms with van der Waals surface area (Å²) in [4.78, 5) is 25.6. The number of carbonyl (C=O) groups excluding carboxylic acids is 2. The molecule has 0 aromatic heterocycles. The molecule has 0 saturated carbocycles. The Hall–Kier alpha value is -1.92. The van der Waals surface area contributed by atoms with E-state index in [-0.39, 0.29) is 31.0 Å². The van der Waals surface area contributed by atoms with Gasteiger partial charge >= 0.3 is 0 Å². The van der Waals surface area contributed by atoms with Crippen LogP contribution in [0.2, 0.25) is 0 Å². The lowest BCUT2D eigenvalue weighted by Gasteiger charge is -2.33. The Balaban J connectivity index is 1.78. The average molecular weight is 291 g/mol. The second-order valence-electron chi connectivity index (χ2n) is 5.17. The van der Waals surface area contributed by atoms with Crippen LogP contribution in [0.15, 0.2) is 30.3 Å². The van der Waals surface area contributed by atoms with Gasteiger partial charge in [-0.25, -0.2) is 0 Å². The molecule has 21 heavy (non-hydrogen) atoms. The summed E-state index contributed by atoms with van der Waals surface area (Å²) in [6.07, 6.45) is 3.01. The number of piperidine rings is 1. The lowest BCUT2D eigenvalue weighted by Crippen LogP contribution is -2.50. The fourth-order valence-corrected chi connectivity index (χ4v) is 2.49. The standard InChI is InChI=1S/C15H21N3O3/c19-11-13-8-4-5-9-18(13)10-14(20)16-17-15(21)12-6-2-1-3-7-12/h1-3,6-7,13,19H,4-5,8-11H2,(H,16,20)(H,17,21). The molecule has 1 aliphatic heterocycles. The van der Waals surface area contributed by atoms with Crippen LogP contribution in [-0.4, -0.2) is 47.6 Å². The van der Waals surface area contributed by atoms with E-state index in [9.17, 15) is 14.7 Å². The van der Waals surface area contributed by atoms with Gasteiger partial charge in [0.05, 0.1) is 13.2 Å². The van der Waals surface area contributed by atoms with Crippen LogP contribution in [-0.2, 0) is 4.79 Å². The molecule has 3 N–H and O–H groups in total. The molecule has 1 atom stereocenters. The monoisotopic (exact) mass is 291 g/mol. The minimum absolute atomic E-state index is 0.0364. The largest absolute Gasteiger partial charge is 0.395 e. The van der Waals surface area contributed by atoms with Crippen molar-refractivity contribution in [2.24, 2.45) is 0 Å². The summed E-state index contributed by atoms with van der Waals surface area (Å²) < 4.78 is 0. The first-order valence-electron chi connectivity index (χ1n) is 7.20. The van der Waals surface area contributed by atoms with Crippen molar-refractivity contribution in [3.63, 3.8) is 0 Å². The zero-order chi connectivity index (χ0) is 15.1. The maximum Gasteiger partial charge on any atom is 0.269 e. The highest BCUT2D eigenvalue weighted by Gasteiger charge is 2.23. The predicted molar refractivity (Wildman–Crippen MR) is 78.3 cm³/mol. The average Bonchev–Trinajstić information content (AvgIpc) is 2.54. The third-order valence-corrected chi connectivity index (χ3v) is 3.66. The van der Waals surface area contributed by atoms with E-state index < -0.39 is 0 Å². The Labute approximate surface area is 124 Å². The molecule has 1 aliphatic rings. The van der Waals surface area contributed by atoms with E-state index in [0.717, 1.165) is 25.8 Å². The number of hydrogen-bond donors (Lipinski definition) is 3. The van der Waals surface area contributed by atoms with Gasteiger partial charge < -0.3 is 5.11 Å². The number of benzene rings is 1. The van der Waals surface area contributed by atoms with Crippen LogP contribution >= 0.6 is 0 Å². The molecule has 1 heterocycles. The fraction of sp³-hybridized carbons (Fsp3) is 0.467. The Kier molecular flexibility index (Phi) is 5.71. The zero-order valence-corrected chi connectivity index (χ0v) is 11.9. The van der Waals surface area contributed by atoms with E-state index in [1.807, 2.05) is 11.0 Å². The summed E-state index contributed by atoms with van der Waals surface area (Å²) in [5.41, 5.74) is 5.29. The van der Waals surface area contributed by atoms with Crippen LogP contribution in [0.1, 0.15) is 29.6 Å². The summed E-state index contributed by atoms with van der Waals surface area (Å²) in [7, 11) is 0. The zero-order valence-electron chi connectivity index (χ0n) is 11.9. The van der Waals surface area contributed by atoms with Gasteiger partial charge in [0.1, 0.15) is 0 Å². The normalized spacial score (nSPS) is 19.0. The number of carbonyl (C=O) groups is 2.